The van der Waals surface area contributed by atoms with E-state index in [1.165, 1.54) is 6.92 Å². The molecule has 154 valence electrons. The summed E-state index contributed by atoms with van der Waals surface area (Å²) in [5.74, 6) is -0.102. The number of esters is 2. The number of hydrogen-bond acceptors (Lipinski definition) is 6. The molecule has 1 aliphatic carbocycles. The topological polar surface area (TPSA) is 78.3 Å². The summed E-state index contributed by atoms with van der Waals surface area (Å²) in [5, 5.41) is 0. The molecule has 0 aromatic carbocycles. The van der Waals surface area contributed by atoms with Gasteiger partial charge in [0.05, 0.1) is 31.3 Å². The fourth-order valence-corrected chi connectivity index (χ4v) is 5.56. The highest BCUT2D eigenvalue weighted by molar-refractivity contribution is 5.70. The van der Waals surface area contributed by atoms with Gasteiger partial charge < -0.3 is 18.6 Å². The second kappa shape index (κ2) is 7.21. The predicted octanol–water partition coefficient (Wildman–Crippen LogP) is 3.53. The summed E-state index contributed by atoms with van der Waals surface area (Å²) in [6, 6.07) is 1.99. The number of epoxide rings is 1. The van der Waals surface area contributed by atoms with Crippen LogP contribution in [0.1, 0.15) is 52.0 Å². The SMILES string of the molecule is CC(=O)OC[C@H]1[C@@H]2[C@@H](CC[C@]13CO3)OC(=O)C[C@@H](C)[C@]2(C)CCc1ccoc1. The van der Waals surface area contributed by atoms with Crippen LogP contribution in [0.3, 0.4) is 0 Å². The molecule has 3 fully saturated rings. The number of carbonyl (C=O) groups is 2. The average Bonchev–Trinajstić information content (AvgIpc) is 3.23. The van der Waals surface area contributed by atoms with Crippen molar-refractivity contribution < 1.29 is 28.2 Å². The molecule has 3 aliphatic rings. The molecular weight excluding hydrogens is 360 g/mol. The lowest BCUT2D eigenvalue weighted by Gasteiger charge is -2.50. The molecular formula is C22H30O6. The molecule has 0 radical (unpaired) electrons. The molecule has 28 heavy (non-hydrogen) atoms. The highest BCUT2D eigenvalue weighted by atomic mass is 16.6. The van der Waals surface area contributed by atoms with E-state index in [4.69, 9.17) is 18.6 Å². The van der Waals surface area contributed by atoms with Crippen LogP contribution in [0.5, 0.6) is 0 Å². The van der Waals surface area contributed by atoms with Crippen LogP contribution in [0, 0.1) is 23.2 Å². The van der Waals surface area contributed by atoms with Gasteiger partial charge in [-0.25, -0.2) is 0 Å². The number of furan rings is 1. The third-order valence-electron chi connectivity index (χ3n) is 7.52. The lowest BCUT2D eigenvalue weighted by molar-refractivity contribution is -0.164. The first-order valence-corrected chi connectivity index (χ1v) is 10.3. The Labute approximate surface area is 165 Å². The monoisotopic (exact) mass is 390 g/mol. The summed E-state index contributed by atoms with van der Waals surface area (Å²) in [7, 11) is 0. The zero-order chi connectivity index (χ0) is 19.9. The quantitative estimate of drug-likeness (QED) is 0.565. The van der Waals surface area contributed by atoms with Crippen LogP contribution < -0.4 is 0 Å². The highest BCUT2D eigenvalue weighted by Crippen LogP contribution is 2.59. The van der Waals surface area contributed by atoms with Crippen LogP contribution in [-0.4, -0.2) is 36.9 Å². The van der Waals surface area contributed by atoms with Gasteiger partial charge in [0.25, 0.3) is 0 Å². The Balaban J connectivity index is 1.67. The van der Waals surface area contributed by atoms with Crippen LogP contribution in [0.25, 0.3) is 0 Å². The molecule has 6 nitrogen and oxygen atoms in total. The van der Waals surface area contributed by atoms with E-state index in [-0.39, 0.29) is 46.8 Å². The third kappa shape index (κ3) is 3.47. The molecule has 0 N–H and O–H groups in total. The Morgan fingerprint density at radius 3 is 2.82 bits per heavy atom. The molecule has 6 atom stereocenters. The van der Waals surface area contributed by atoms with Crippen molar-refractivity contribution in [3.8, 4) is 0 Å². The van der Waals surface area contributed by atoms with Gasteiger partial charge >= 0.3 is 11.9 Å². The van der Waals surface area contributed by atoms with Crippen LogP contribution in [0.4, 0.5) is 0 Å². The second-order valence-corrected chi connectivity index (χ2v) is 9.10. The lowest BCUT2D eigenvalue weighted by atomic mass is 9.54. The van der Waals surface area contributed by atoms with E-state index in [1.807, 2.05) is 6.07 Å². The van der Waals surface area contributed by atoms with Gasteiger partial charge in [-0.05, 0) is 48.6 Å². The summed E-state index contributed by atoms with van der Waals surface area (Å²) in [5.41, 5.74) is 0.786. The zero-order valence-corrected chi connectivity index (χ0v) is 16.9. The van der Waals surface area contributed by atoms with E-state index in [2.05, 4.69) is 13.8 Å². The van der Waals surface area contributed by atoms with E-state index in [9.17, 15) is 9.59 Å². The minimum Gasteiger partial charge on any atom is -0.472 e. The van der Waals surface area contributed by atoms with Crippen molar-refractivity contribution in [2.75, 3.05) is 13.2 Å². The number of fused-ring (bicyclic) bond motifs is 1. The number of carbonyl (C=O) groups excluding carboxylic acids is 2. The Morgan fingerprint density at radius 2 is 2.18 bits per heavy atom. The summed E-state index contributed by atoms with van der Waals surface area (Å²) in [6.45, 7) is 6.88. The highest BCUT2D eigenvalue weighted by Gasteiger charge is 2.64. The first-order valence-electron chi connectivity index (χ1n) is 10.3. The summed E-state index contributed by atoms with van der Waals surface area (Å²) in [6.07, 6.45) is 7.19. The lowest BCUT2D eigenvalue weighted by Crippen LogP contribution is -2.54. The normalized spacial score (nSPS) is 39.8. The molecule has 1 aromatic heterocycles. The maximum Gasteiger partial charge on any atom is 0.306 e. The van der Waals surface area contributed by atoms with Gasteiger partial charge in [0.2, 0.25) is 0 Å². The minimum atomic E-state index is -0.281. The molecule has 2 saturated heterocycles. The number of aryl methyl sites for hydroxylation is 1. The van der Waals surface area contributed by atoms with Crippen molar-refractivity contribution in [2.24, 2.45) is 23.2 Å². The molecule has 6 heteroatoms. The largest absolute Gasteiger partial charge is 0.472 e. The van der Waals surface area contributed by atoms with Gasteiger partial charge in [-0.2, -0.15) is 0 Å². The van der Waals surface area contributed by atoms with Crippen LogP contribution in [0.2, 0.25) is 0 Å². The van der Waals surface area contributed by atoms with E-state index >= 15 is 0 Å². The summed E-state index contributed by atoms with van der Waals surface area (Å²) < 4.78 is 22.6. The van der Waals surface area contributed by atoms with Gasteiger partial charge in [0, 0.05) is 25.2 Å². The first kappa shape index (κ1) is 19.5. The Hall–Kier alpha value is -1.82. The third-order valence-corrected chi connectivity index (χ3v) is 7.52. The molecule has 0 amide bonds. The summed E-state index contributed by atoms with van der Waals surface area (Å²) >= 11 is 0. The molecule has 1 spiro atoms. The molecule has 1 saturated carbocycles. The first-order chi connectivity index (χ1) is 13.3. The fourth-order valence-electron chi connectivity index (χ4n) is 5.56. The standard InChI is InChI=1S/C22H30O6/c1-14-10-19(24)28-18-5-8-22(13-27-22)17(12-26-15(2)23)20(18)21(14,3)7-4-16-6-9-25-11-16/h6,9,11,14,17-18,20H,4-5,7-8,10,12-13H2,1-3H3/t14-,17+,18-,20-,21+,22+/m1/s1. The smallest absolute Gasteiger partial charge is 0.306 e. The molecule has 1 aromatic rings. The summed E-state index contributed by atoms with van der Waals surface area (Å²) in [4.78, 5) is 24.0. The van der Waals surface area contributed by atoms with Crippen LogP contribution >= 0.6 is 0 Å². The number of rotatable bonds is 5. The Kier molecular flexibility index (Phi) is 5.02. The molecule has 2 aliphatic heterocycles. The van der Waals surface area contributed by atoms with E-state index in [1.54, 1.807) is 12.5 Å². The van der Waals surface area contributed by atoms with Crippen molar-refractivity contribution in [1.29, 1.82) is 0 Å². The van der Waals surface area contributed by atoms with E-state index < -0.39 is 0 Å². The van der Waals surface area contributed by atoms with Crippen molar-refractivity contribution in [1.82, 2.24) is 0 Å². The van der Waals surface area contributed by atoms with Crippen LogP contribution in [-0.2, 0) is 30.2 Å². The van der Waals surface area contributed by atoms with Crippen molar-refractivity contribution in [3.05, 3.63) is 24.2 Å². The van der Waals surface area contributed by atoms with Crippen LogP contribution in [0.15, 0.2) is 23.0 Å². The average molecular weight is 390 g/mol. The maximum atomic E-state index is 12.5. The molecule has 3 heterocycles. The Bertz CT molecular complexity index is 721. The van der Waals surface area contributed by atoms with Gasteiger partial charge in [0.15, 0.2) is 0 Å². The van der Waals surface area contributed by atoms with E-state index in [0.29, 0.717) is 19.6 Å². The second-order valence-electron chi connectivity index (χ2n) is 9.10. The minimum absolute atomic E-state index is 0.0397. The predicted molar refractivity (Wildman–Crippen MR) is 100 cm³/mol. The van der Waals surface area contributed by atoms with Gasteiger partial charge in [0.1, 0.15) is 6.10 Å². The van der Waals surface area contributed by atoms with Gasteiger partial charge in [-0.1, -0.05) is 13.8 Å². The van der Waals surface area contributed by atoms with Gasteiger partial charge in [-0.15, -0.1) is 0 Å². The molecule has 0 unspecified atom stereocenters. The van der Waals surface area contributed by atoms with E-state index in [0.717, 1.165) is 31.2 Å². The van der Waals surface area contributed by atoms with Gasteiger partial charge in [-0.3, -0.25) is 9.59 Å². The van der Waals surface area contributed by atoms with Crippen molar-refractivity contribution in [2.45, 2.75) is 64.6 Å². The molecule has 0 bridgehead atoms. The number of hydrogen-bond donors (Lipinski definition) is 0. The number of ether oxygens (including phenoxy) is 3. The zero-order valence-electron chi connectivity index (χ0n) is 16.9. The Morgan fingerprint density at radius 1 is 1.39 bits per heavy atom. The molecule has 4 rings (SSSR count). The van der Waals surface area contributed by atoms with Crippen molar-refractivity contribution in [3.63, 3.8) is 0 Å². The fraction of sp³-hybridized carbons (Fsp3) is 0.727. The maximum absolute atomic E-state index is 12.5. The van der Waals surface area contributed by atoms with Crippen molar-refractivity contribution >= 4 is 11.9 Å².